The number of aromatic hydroxyl groups is 1. The van der Waals surface area contributed by atoms with Crippen LogP contribution in [0.2, 0.25) is 0 Å². The summed E-state index contributed by atoms with van der Waals surface area (Å²) in [6.07, 6.45) is 2.72. The van der Waals surface area contributed by atoms with E-state index in [2.05, 4.69) is 16.6 Å². The number of allylic oxidation sites excluding steroid dienone is 1. The lowest BCUT2D eigenvalue weighted by atomic mass is 10.1. The first-order valence-electron chi connectivity index (χ1n) is 6.88. The number of hydrogen-bond acceptors (Lipinski definition) is 6. The first-order valence-corrected chi connectivity index (χ1v) is 7.29. The van der Waals surface area contributed by atoms with E-state index in [1.54, 1.807) is 6.92 Å². The third-order valence-electron chi connectivity index (χ3n) is 3.28. The van der Waals surface area contributed by atoms with Crippen molar-refractivity contribution in [1.29, 1.82) is 0 Å². The van der Waals surface area contributed by atoms with Gasteiger partial charge < -0.3 is 15.0 Å². The summed E-state index contributed by atoms with van der Waals surface area (Å²) in [6.45, 7) is 5.46. The van der Waals surface area contributed by atoms with Crippen LogP contribution in [-0.4, -0.2) is 26.8 Å². The topological polar surface area (TPSA) is 111 Å². The van der Waals surface area contributed by atoms with Crippen molar-refractivity contribution in [2.45, 2.75) is 13.5 Å². The van der Waals surface area contributed by atoms with Gasteiger partial charge in [0.1, 0.15) is 5.56 Å². The molecule has 0 aliphatic rings. The zero-order valence-corrected chi connectivity index (χ0v) is 13.6. The quantitative estimate of drug-likeness (QED) is 0.481. The zero-order chi connectivity index (χ0) is 17.9. The highest BCUT2D eigenvalue weighted by molar-refractivity contribution is 7.71. The van der Waals surface area contributed by atoms with Crippen molar-refractivity contribution in [2.75, 3.05) is 0 Å². The number of aromatic carboxylic acids is 1. The molecule has 0 aliphatic carbocycles. The summed E-state index contributed by atoms with van der Waals surface area (Å²) in [5.74, 6) is -1.61. The smallest absolute Gasteiger partial charge is 0.264 e. The van der Waals surface area contributed by atoms with Gasteiger partial charge in [-0.1, -0.05) is 12.1 Å². The average Bonchev–Trinajstić information content (AvgIpc) is 2.52. The minimum atomic E-state index is -1.28. The Hall–Kier alpha value is -3.00. The number of carboxylic acids is 1. The molecule has 1 heterocycles. The van der Waals surface area contributed by atoms with E-state index < -0.39 is 11.5 Å². The van der Waals surface area contributed by atoms with Crippen LogP contribution in [-0.2, 0) is 6.54 Å². The van der Waals surface area contributed by atoms with Crippen molar-refractivity contribution in [2.24, 2.45) is 4.99 Å². The monoisotopic (exact) mass is 344 g/mol. The second kappa shape index (κ2) is 7.05. The molecule has 2 N–H and O–H groups in total. The minimum Gasteiger partial charge on any atom is -0.545 e. The van der Waals surface area contributed by atoms with Crippen molar-refractivity contribution in [3.8, 4) is 5.88 Å². The lowest BCUT2D eigenvalue weighted by molar-refractivity contribution is -0.255. The Kier molecular flexibility index (Phi) is 5.10. The lowest BCUT2D eigenvalue weighted by Crippen LogP contribution is -2.22. The number of H-pyrrole nitrogens is 1. The summed E-state index contributed by atoms with van der Waals surface area (Å²) in [6, 6.07) is 4.25. The Bertz CT molecular complexity index is 957. The van der Waals surface area contributed by atoms with E-state index in [-0.39, 0.29) is 28.3 Å². The van der Waals surface area contributed by atoms with Crippen LogP contribution >= 0.6 is 12.2 Å². The second-order valence-corrected chi connectivity index (χ2v) is 5.33. The molecule has 0 unspecified atom stereocenters. The highest BCUT2D eigenvalue weighted by atomic mass is 32.1. The summed E-state index contributed by atoms with van der Waals surface area (Å²) in [5.41, 5.74) is 0.435. The van der Waals surface area contributed by atoms with E-state index in [1.807, 2.05) is 0 Å². The predicted octanol–water partition coefficient (Wildman–Crippen LogP) is 1.22. The molecule has 0 spiro atoms. The van der Waals surface area contributed by atoms with Crippen LogP contribution in [0.15, 0.2) is 40.6 Å². The summed E-state index contributed by atoms with van der Waals surface area (Å²) >= 11 is 4.98. The number of aromatic amines is 1. The number of aromatic nitrogens is 2. The van der Waals surface area contributed by atoms with Gasteiger partial charge in [0, 0.05) is 12.8 Å². The number of carboxylic acid groups (broad SMARTS) is 1. The Balaban J connectivity index is 2.48. The van der Waals surface area contributed by atoms with Crippen molar-refractivity contribution < 1.29 is 15.0 Å². The molecular weight excluding hydrogens is 330 g/mol. The summed E-state index contributed by atoms with van der Waals surface area (Å²) in [5, 5.41) is 21.0. The Morgan fingerprint density at radius 3 is 2.83 bits per heavy atom. The molecule has 7 nitrogen and oxygen atoms in total. The summed E-state index contributed by atoms with van der Waals surface area (Å²) < 4.78 is 1.38. The number of hydrogen-bond donors (Lipinski definition) is 2. The second-order valence-electron chi connectivity index (χ2n) is 4.94. The van der Waals surface area contributed by atoms with Crippen molar-refractivity contribution in [3.63, 3.8) is 0 Å². The molecule has 0 atom stereocenters. The maximum atomic E-state index is 12.0. The number of rotatable bonds is 5. The normalized spacial score (nSPS) is 10.9. The molecule has 1 aromatic heterocycles. The Morgan fingerprint density at radius 2 is 2.25 bits per heavy atom. The van der Waals surface area contributed by atoms with Gasteiger partial charge in [0.25, 0.3) is 5.56 Å². The number of nitrogens with zero attached hydrogens (tertiary/aromatic N) is 2. The van der Waals surface area contributed by atoms with Gasteiger partial charge >= 0.3 is 0 Å². The van der Waals surface area contributed by atoms with Crippen LogP contribution < -0.4 is 10.7 Å². The largest absolute Gasteiger partial charge is 0.545 e. The van der Waals surface area contributed by atoms with Gasteiger partial charge in [-0.25, -0.2) is 0 Å². The summed E-state index contributed by atoms with van der Waals surface area (Å²) in [4.78, 5) is 29.4. The fraction of sp³-hybridized carbons (Fsp3) is 0.125. The van der Waals surface area contributed by atoms with E-state index in [0.29, 0.717) is 11.3 Å². The number of benzene rings is 1. The first-order chi connectivity index (χ1) is 11.3. The number of aliphatic imine (C=N–C) groups is 1. The number of carbonyl (C=O) groups excluding carboxylic acids is 1. The fourth-order valence-electron chi connectivity index (χ4n) is 2.05. The molecule has 1 aromatic carbocycles. The van der Waals surface area contributed by atoms with E-state index >= 15 is 0 Å². The van der Waals surface area contributed by atoms with Gasteiger partial charge in [0.15, 0.2) is 4.77 Å². The number of carbonyl (C=O) groups is 1. The number of aryl methyl sites for hydroxylation is 1. The van der Waals surface area contributed by atoms with Crippen LogP contribution in [0.5, 0.6) is 5.88 Å². The Morgan fingerprint density at radius 1 is 1.54 bits per heavy atom. The molecule has 0 saturated heterocycles. The molecule has 2 aromatic rings. The molecular formula is C16H14N3O4S-. The van der Waals surface area contributed by atoms with Gasteiger partial charge in [-0.3, -0.25) is 19.3 Å². The molecule has 0 saturated carbocycles. The van der Waals surface area contributed by atoms with Crippen LogP contribution in [0.4, 0.5) is 5.69 Å². The van der Waals surface area contributed by atoms with E-state index in [1.165, 1.54) is 35.1 Å². The van der Waals surface area contributed by atoms with Crippen molar-refractivity contribution in [1.82, 2.24) is 9.55 Å². The van der Waals surface area contributed by atoms with Gasteiger partial charge in [0.2, 0.25) is 5.88 Å². The van der Waals surface area contributed by atoms with Crippen LogP contribution in [0, 0.1) is 11.7 Å². The molecule has 0 radical (unpaired) electrons. The van der Waals surface area contributed by atoms with E-state index in [0.717, 1.165) is 0 Å². The van der Waals surface area contributed by atoms with Crippen LogP contribution in [0.3, 0.4) is 0 Å². The van der Waals surface area contributed by atoms with Crippen LogP contribution in [0.25, 0.3) is 0 Å². The number of nitrogens with one attached hydrogen (secondary N) is 1. The molecule has 0 aliphatic heterocycles. The molecule has 0 amide bonds. The average molecular weight is 344 g/mol. The highest BCUT2D eigenvalue weighted by Crippen LogP contribution is 2.20. The SMILES string of the molecule is C=CCn1c(O)c(C=Nc2ccc(C(=O)[O-])cc2C)c(=O)[nH]c1=S. The highest BCUT2D eigenvalue weighted by Gasteiger charge is 2.10. The van der Waals surface area contributed by atoms with Gasteiger partial charge in [-0.2, -0.15) is 0 Å². The molecule has 124 valence electrons. The maximum absolute atomic E-state index is 12.0. The van der Waals surface area contributed by atoms with Crippen molar-refractivity contribution >= 4 is 30.1 Å². The molecule has 2 rings (SSSR count). The molecule has 0 fully saturated rings. The van der Waals surface area contributed by atoms with E-state index in [4.69, 9.17) is 12.2 Å². The molecule has 8 heteroatoms. The zero-order valence-electron chi connectivity index (χ0n) is 12.8. The standard InChI is InChI=1S/C16H15N3O4S/c1-3-6-19-14(21)11(13(20)18-16(19)24)8-17-12-5-4-10(15(22)23)7-9(12)2/h3-5,7-8,21H,1,6H2,2H3,(H,22,23)(H,18,20,24)/p-1. The van der Waals surface area contributed by atoms with Crippen molar-refractivity contribution in [3.05, 3.63) is 62.7 Å². The van der Waals surface area contributed by atoms with Crippen LogP contribution in [0.1, 0.15) is 21.5 Å². The minimum absolute atomic E-state index is 0.0337. The predicted molar refractivity (Wildman–Crippen MR) is 90.5 cm³/mol. The third kappa shape index (κ3) is 3.49. The maximum Gasteiger partial charge on any atom is 0.264 e. The Labute approximate surface area is 142 Å². The van der Waals surface area contributed by atoms with Gasteiger partial charge in [-0.15, -0.1) is 6.58 Å². The van der Waals surface area contributed by atoms with Gasteiger partial charge in [-0.05, 0) is 42.4 Å². The molecule has 24 heavy (non-hydrogen) atoms. The lowest BCUT2D eigenvalue weighted by Gasteiger charge is -2.09. The fourth-order valence-corrected chi connectivity index (χ4v) is 2.30. The summed E-state index contributed by atoms with van der Waals surface area (Å²) in [7, 11) is 0. The third-order valence-corrected chi connectivity index (χ3v) is 3.61. The first kappa shape index (κ1) is 17.4. The van der Waals surface area contributed by atoms with E-state index in [9.17, 15) is 19.8 Å². The van der Waals surface area contributed by atoms with Gasteiger partial charge in [0.05, 0.1) is 11.7 Å². The molecule has 0 bridgehead atoms.